The summed E-state index contributed by atoms with van der Waals surface area (Å²) in [6, 6.07) is 3.79. The van der Waals surface area contributed by atoms with Gasteiger partial charge in [-0.25, -0.2) is 0 Å². The summed E-state index contributed by atoms with van der Waals surface area (Å²) < 4.78 is 5.42. The molecule has 1 heterocycles. The quantitative estimate of drug-likeness (QED) is 0.789. The molecule has 1 saturated heterocycles. The average Bonchev–Trinajstić information content (AvgIpc) is 2.76. The second kappa shape index (κ2) is 4.98. The Labute approximate surface area is 108 Å². The van der Waals surface area contributed by atoms with Crippen molar-refractivity contribution in [3.05, 3.63) is 23.3 Å². The number of amides is 1. The van der Waals surface area contributed by atoms with E-state index in [1.807, 2.05) is 32.9 Å². The number of carbonyl (C=O) groups is 1. The van der Waals surface area contributed by atoms with E-state index in [4.69, 9.17) is 10.5 Å². The van der Waals surface area contributed by atoms with Gasteiger partial charge in [-0.3, -0.25) is 4.79 Å². The Bertz CT molecular complexity index is 471. The second-order valence-corrected chi connectivity index (χ2v) is 4.93. The van der Waals surface area contributed by atoms with Gasteiger partial charge in [0.2, 0.25) is 5.91 Å². The van der Waals surface area contributed by atoms with E-state index in [1.165, 1.54) is 0 Å². The first-order valence-corrected chi connectivity index (χ1v) is 6.29. The maximum absolute atomic E-state index is 12.2. The van der Waals surface area contributed by atoms with E-state index in [-0.39, 0.29) is 17.9 Å². The Morgan fingerprint density at radius 1 is 1.44 bits per heavy atom. The van der Waals surface area contributed by atoms with Crippen LogP contribution in [0.25, 0.3) is 0 Å². The van der Waals surface area contributed by atoms with Gasteiger partial charge in [0.05, 0.1) is 23.4 Å². The highest BCUT2D eigenvalue weighted by Crippen LogP contribution is 2.28. The molecular weight excluding hydrogens is 228 g/mol. The third kappa shape index (κ3) is 2.34. The normalized spacial score (nSPS) is 23.1. The number of aryl methyl sites for hydroxylation is 1. The van der Waals surface area contributed by atoms with Gasteiger partial charge < -0.3 is 15.8 Å². The third-order valence-electron chi connectivity index (χ3n) is 3.73. The fourth-order valence-corrected chi connectivity index (χ4v) is 2.29. The number of anilines is 2. The maximum atomic E-state index is 12.2. The van der Waals surface area contributed by atoms with E-state index in [1.54, 1.807) is 0 Å². The minimum absolute atomic E-state index is 0.000370. The summed E-state index contributed by atoms with van der Waals surface area (Å²) in [5, 5.41) is 2.95. The van der Waals surface area contributed by atoms with Gasteiger partial charge in [-0.05, 0) is 44.4 Å². The third-order valence-corrected chi connectivity index (χ3v) is 3.73. The Morgan fingerprint density at radius 3 is 2.78 bits per heavy atom. The lowest BCUT2D eigenvalue weighted by atomic mass is 10.0. The first-order valence-electron chi connectivity index (χ1n) is 6.29. The Morgan fingerprint density at radius 2 is 2.17 bits per heavy atom. The topological polar surface area (TPSA) is 64.3 Å². The van der Waals surface area contributed by atoms with E-state index in [9.17, 15) is 4.79 Å². The highest BCUT2D eigenvalue weighted by Gasteiger charge is 2.31. The molecule has 0 radical (unpaired) electrons. The molecule has 0 saturated carbocycles. The van der Waals surface area contributed by atoms with Crippen molar-refractivity contribution >= 4 is 17.3 Å². The zero-order valence-electron chi connectivity index (χ0n) is 11.1. The van der Waals surface area contributed by atoms with Gasteiger partial charge in [0, 0.05) is 6.61 Å². The fourth-order valence-electron chi connectivity index (χ4n) is 2.29. The van der Waals surface area contributed by atoms with Gasteiger partial charge in [-0.2, -0.15) is 0 Å². The number of ether oxygens (including phenoxy) is 1. The van der Waals surface area contributed by atoms with E-state index < -0.39 is 0 Å². The molecule has 2 unspecified atom stereocenters. The molecule has 1 aromatic rings. The predicted molar refractivity (Wildman–Crippen MR) is 72.5 cm³/mol. The van der Waals surface area contributed by atoms with Crippen LogP contribution in [0.2, 0.25) is 0 Å². The lowest BCUT2D eigenvalue weighted by molar-refractivity contribution is -0.121. The van der Waals surface area contributed by atoms with Crippen molar-refractivity contribution in [3.8, 4) is 0 Å². The highest BCUT2D eigenvalue weighted by atomic mass is 16.5. The molecule has 2 rings (SSSR count). The molecule has 4 heteroatoms. The summed E-state index contributed by atoms with van der Waals surface area (Å²) in [5.74, 6) is -0.0790. The van der Waals surface area contributed by atoms with Crippen LogP contribution in [0.3, 0.4) is 0 Å². The number of benzene rings is 1. The van der Waals surface area contributed by atoms with Gasteiger partial charge in [-0.1, -0.05) is 6.07 Å². The molecule has 0 aliphatic carbocycles. The minimum atomic E-state index is -0.0793. The zero-order chi connectivity index (χ0) is 13.3. The number of nitrogens with two attached hydrogens (primary N) is 1. The SMILES string of the molecule is Cc1ccc(N)c(NC(=O)C2CCOC2C)c1C. The van der Waals surface area contributed by atoms with Gasteiger partial charge in [0.25, 0.3) is 0 Å². The number of hydrogen-bond donors (Lipinski definition) is 2. The van der Waals surface area contributed by atoms with Crippen molar-refractivity contribution in [1.29, 1.82) is 0 Å². The van der Waals surface area contributed by atoms with Crippen molar-refractivity contribution in [1.82, 2.24) is 0 Å². The van der Waals surface area contributed by atoms with Crippen molar-refractivity contribution in [2.75, 3.05) is 17.7 Å². The largest absolute Gasteiger partial charge is 0.397 e. The van der Waals surface area contributed by atoms with Crippen LogP contribution < -0.4 is 11.1 Å². The first-order chi connectivity index (χ1) is 8.50. The Kier molecular flexibility index (Phi) is 3.57. The van der Waals surface area contributed by atoms with Crippen LogP contribution in [0.15, 0.2) is 12.1 Å². The lowest BCUT2D eigenvalue weighted by Crippen LogP contribution is -2.28. The van der Waals surface area contributed by atoms with Crippen LogP contribution >= 0.6 is 0 Å². The molecule has 3 N–H and O–H groups in total. The maximum Gasteiger partial charge on any atom is 0.230 e. The van der Waals surface area contributed by atoms with Crippen LogP contribution in [-0.4, -0.2) is 18.6 Å². The molecule has 18 heavy (non-hydrogen) atoms. The van der Waals surface area contributed by atoms with Crippen molar-refractivity contribution < 1.29 is 9.53 Å². The van der Waals surface area contributed by atoms with Crippen LogP contribution in [0.5, 0.6) is 0 Å². The molecule has 1 aliphatic heterocycles. The Hall–Kier alpha value is -1.55. The molecule has 0 aromatic heterocycles. The smallest absolute Gasteiger partial charge is 0.230 e. The number of nitrogens with one attached hydrogen (secondary N) is 1. The summed E-state index contributed by atoms with van der Waals surface area (Å²) in [5.41, 5.74) is 9.41. The van der Waals surface area contributed by atoms with E-state index in [0.717, 1.165) is 23.2 Å². The molecule has 2 atom stereocenters. The van der Waals surface area contributed by atoms with Gasteiger partial charge in [0.15, 0.2) is 0 Å². The molecule has 1 amide bonds. The summed E-state index contributed by atoms with van der Waals surface area (Å²) >= 11 is 0. The summed E-state index contributed by atoms with van der Waals surface area (Å²) in [4.78, 5) is 12.2. The van der Waals surface area contributed by atoms with Crippen LogP contribution in [0.4, 0.5) is 11.4 Å². The van der Waals surface area contributed by atoms with Crippen molar-refractivity contribution in [2.45, 2.75) is 33.3 Å². The molecule has 0 bridgehead atoms. The fraction of sp³-hybridized carbons (Fsp3) is 0.500. The van der Waals surface area contributed by atoms with E-state index >= 15 is 0 Å². The van der Waals surface area contributed by atoms with E-state index in [2.05, 4.69) is 5.32 Å². The zero-order valence-corrected chi connectivity index (χ0v) is 11.1. The molecule has 0 spiro atoms. The summed E-state index contributed by atoms with van der Waals surface area (Å²) in [6.07, 6.45) is 0.758. The van der Waals surface area contributed by atoms with Gasteiger partial charge in [0.1, 0.15) is 0 Å². The average molecular weight is 248 g/mol. The van der Waals surface area contributed by atoms with Crippen LogP contribution in [0.1, 0.15) is 24.5 Å². The predicted octanol–water partition coefficient (Wildman–Crippen LogP) is 2.25. The molecule has 1 fully saturated rings. The van der Waals surface area contributed by atoms with Crippen LogP contribution in [-0.2, 0) is 9.53 Å². The van der Waals surface area contributed by atoms with Gasteiger partial charge in [-0.15, -0.1) is 0 Å². The van der Waals surface area contributed by atoms with Gasteiger partial charge >= 0.3 is 0 Å². The number of carbonyl (C=O) groups excluding carboxylic acids is 1. The molecule has 1 aliphatic rings. The second-order valence-electron chi connectivity index (χ2n) is 4.93. The van der Waals surface area contributed by atoms with Crippen molar-refractivity contribution in [3.63, 3.8) is 0 Å². The monoisotopic (exact) mass is 248 g/mol. The first kappa shape index (κ1) is 12.9. The minimum Gasteiger partial charge on any atom is -0.397 e. The number of rotatable bonds is 2. The Balaban J connectivity index is 2.19. The number of hydrogen-bond acceptors (Lipinski definition) is 3. The molecular formula is C14H20N2O2. The standard InChI is InChI=1S/C14H20N2O2/c1-8-4-5-12(15)13(9(8)2)16-14(17)11-6-7-18-10(11)3/h4-5,10-11H,6-7,15H2,1-3H3,(H,16,17). The van der Waals surface area contributed by atoms with Crippen LogP contribution in [0, 0.1) is 19.8 Å². The van der Waals surface area contributed by atoms with E-state index in [0.29, 0.717) is 12.3 Å². The molecule has 1 aromatic carbocycles. The summed E-state index contributed by atoms with van der Waals surface area (Å²) in [6.45, 7) is 6.56. The van der Waals surface area contributed by atoms with Crippen molar-refractivity contribution in [2.24, 2.45) is 5.92 Å². The lowest BCUT2D eigenvalue weighted by Gasteiger charge is -2.17. The highest BCUT2D eigenvalue weighted by molar-refractivity contribution is 5.97. The molecule has 98 valence electrons. The summed E-state index contributed by atoms with van der Waals surface area (Å²) in [7, 11) is 0. The molecule has 4 nitrogen and oxygen atoms in total. The number of nitrogen functional groups attached to an aromatic ring is 1.